The fourth-order valence-electron chi connectivity index (χ4n) is 2.12. The average molecular weight is 174 g/mol. The third-order valence-electron chi connectivity index (χ3n) is 2.78. The van der Waals surface area contributed by atoms with Crippen molar-refractivity contribution in [2.24, 2.45) is 7.05 Å². The third-order valence-corrected chi connectivity index (χ3v) is 2.78. The van der Waals surface area contributed by atoms with Crippen LogP contribution in [0.2, 0.25) is 0 Å². The van der Waals surface area contributed by atoms with Crippen LogP contribution in [0.5, 0.6) is 0 Å². The van der Waals surface area contributed by atoms with E-state index in [1.165, 1.54) is 29.8 Å². The number of aromatic nitrogens is 1. The van der Waals surface area contributed by atoms with Crippen LogP contribution in [0.25, 0.3) is 11.6 Å². The second-order valence-electron chi connectivity index (χ2n) is 3.62. The molecule has 0 bridgehead atoms. The minimum atomic E-state index is 1.18. The maximum atomic E-state index is 2.34. The Kier molecular flexibility index (Phi) is 2.17. The largest absolute Gasteiger partial charge is 0.211 e. The molecule has 0 spiro atoms. The van der Waals surface area contributed by atoms with Gasteiger partial charge in [0.05, 0.1) is 0 Å². The van der Waals surface area contributed by atoms with Gasteiger partial charge < -0.3 is 0 Å². The number of fused-ring (bicyclic) bond motifs is 1. The van der Waals surface area contributed by atoms with Crippen LogP contribution in [0.1, 0.15) is 26.2 Å². The summed E-state index contributed by atoms with van der Waals surface area (Å²) < 4.78 is 2.24. The minimum absolute atomic E-state index is 1.18. The molecule has 1 aliphatic carbocycles. The second kappa shape index (κ2) is 3.33. The Hall–Kier alpha value is -1.11. The van der Waals surface area contributed by atoms with Gasteiger partial charge in [0, 0.05) is 16.9 Å². The monoisotopic (exact) mass is 174 g/mol. The van der Waals surface area contributed by atoms with Crippen LogP contribution in [-0.2, 0) is 7.05 Å². The summed E-state index contributed by atoms with van der Waals surface area (Å²) in [6, 6.07) is 4.33. The molecule has 0 unspecified atom stereocenters. The molecule has 1 aromatic heterocycles. The fraction of sp³-hybridized carbons (Fsp3) is 0.417. The smallest absolute Gasteiger partial charge is 0.201 e. The first-order valence-corrected chi connectivity index (χ1v) is 5.00. The lowest BCUT2D eigenvalue weighted by atomic mass is 10.0. The van der Waals surface area contributed by atoms with Crippen molar-refractivity contribution in [2.75, 3.05) is 0 Å². The van der Waals surface area contributed by atoms with Crippen LogP contribution in [0, 0.1) is 0 Å². The maximum Gasteiger partial charge on any atom is 0.211 e. The Balaban J connectivity index is 2.87. The van der Waals surface area contributed by atoms with Crippen molar-refractivity contribution in [2.45, 2.75) is 26.2 Å². The molecule has 0 radical (unpaired) electrons. The van der Waals surface area contributed by atoms with Gasteiger partial charge in [0.2, 0.25) is 5.35 Å². The Labute approximate surface area is 79.0 Å². The van der Waals surface area contributed by atoms with Crippen molar-refractivity contribution in [3.8, 4) is 0 Å². The number of nitrogens with zero attached hydrogens (tertiary/aromatic N) is 1. The first-order chi connectivity index (χ1) is 6.33. The summed E-state index contributed by atoms with van der Waals surface area (Å²) in [7, 11) is 2.13. The summed E-state index contributed by atoms with van der Waals surface area (Å²) in [5, 5.41) is 2.85. The maximum absolute atomic E-state index is 2.34. The molecule has 0 aromatic carbocycles. The first kappa shape index (κ1) is 8.49. The lowest BCUT2D eigenvalue weighted by Crippen LogP contribution is -2.56. The molecule has 2 rings (SSSR count). The zero-order chi connectivity index (χ0) is 9.26. The molecule has 1 aliphatic rings. The zero-order valence-electron chi connectivity index (χ0n) is 8.38. The molecule has 1 heterocycles. The highest BCUT2D eigenvalue weighted by Crippen LogP contribution is 2.09. The van der Waals surface area contributed by atoms with Crippen LogP contribution < -0.4 is 15.1 Å². The number of aryl methyl sites for hydroxylation is 1. The molecule has 1 aromatic rings. The summed E-state index contributed by atoms with van der Waals surface area (Å²) in [4.78, 5) is 0. The Morgan fingerprint density at radius 1 is 1.46 bits per heavy atom. The highest BCUT2D eigenvalue weighted by Gasteiger charge is 2.09. The number of hydrogen-bond donors (Lipinski definition) is 0. The molecule has 0 amide bonds. The molecule has 0 aliphatic heterocycles. The van der Waals surface area contributed by atoms with Gasteiger partial charge >= 0.3 is 0 Å². The molecule has 1 nitrogen and oxygen atoms in total. The van der Waals surface area contributed by atoms with Crippen LogP contribution >= 0.6 is 0 Å². The van der Waals surface area contributed by atoms with Gasteiger partial charge in [-0.1, -0.05) is 13.0 Å². The molecule has 0 N–H and O–H groups in total. The molecule has 0 saturated heterocycles. The lowest BCUT2D eigenvalue weighted by Gasteiger charge is -2.05. The van der Waals surface area contributed by atoms with Crippen LogP contribution in [-0.4, -0.2) is 0 Å². The summed E-state index contributed by atoms with van der Waals surface area (Å²) >= 11 is 0. The van der Waals surface area contributed by atoms with E-state index in [0.29, 0.717) is 0 Å². The highest BCUT2D eigenvalue weighted by molar-refractivity contribution is 5.47. The summed E-state index contributed by atoms with van der Waals surface area (Å²) in [5.74, 6) is 0. The Bertz CT molecular complexity index is 429. The van der Waals surface area contributed by atoms with E-state index in [1.807, 2.05) is 0 Å². The van der Waals surface area contributed by atoms with Crippen molar-refractivity contribution in [3.05, 3.63) is 28.9 Å². The Morgan fingerprint density at radius 3 is 3.08 bits per heavy atom. The van der Waals surface area contributed by atoms with Gasteiger partial charge in [-0.05, 0) is 25.3 Å². The van der Waals surface area contributed by atoms with Gasteiger partial charge in [-0.15, -0.1) is 0 Å². The Morgan fingerprint density at radius 2 is 2.31 bits per heavy atom. The van der Waals surface area contributed by atoms with E-state index in [9.17, 15) is 0 Å². The van der Waals surface area contributed by atoms with E-state index in [1.54, 1.807) is 5.57 Å². The first-order valence-electron chi connectivity index (χ1n) is 5.00. The fourth-order valence-corrected chi connectivity index (χ4v) is 2.12. The molecule has 0 fully saturated rings. The number of pyridine rings is 1. The SMILES string of the molecule is CCC1=c2c(ccc[n+]2C)=CCC1. The van der Waals surface area contributed by atoms with E-state index >= 15 is 0 Å². The quantitative estimate of drug-likeness (QED) is 0.550. The molecule has 68 valence electrons. The van der Waals surface area contributed by atoms with Crippen molar-refractivity contribution < 1.29 is 4.57 Å². The van der Waals surface area contributed by atoms with E-state index < -0.39 is 0 Å². The van der Waals surface area contributed by atoms with E-state index in [4.69, 9.17) is 0 Å². The van der Waals surface area contributed by atoms with Crippen molar-refractivity contribution in [1.29, 1.82) is 0 Å². The number of hydrogen-bond acceptors (Lipinski definition) is 0. The van der Waals surface area contributed by atoms with Gasteiger partial charge in [0.1, 0.15) is 7.05 Å². The summed E-state index contributed by atoms with van der Waals surface area (Å²) in [5.41, 5.74) is 1.60. The average Bonchev–Trinajstić information content (AvgIpc) is 2.17. The van der Waals surface area contributed by atoms with Crippen LogP contribution in [0.4, 0.5) is 0 Å². The van der Waals surface area contributed by atoms with E-state index in [2.05, 4.69) is 42.9 Å². The normalized spacial score (nSPS) is 15.1. The molecule has 0 saturated carbocycles. The van der Waals surface area contributed by atoms with Gasteiger partial charge in [0.15, 0.2) is 6.20 Å². The number of rotatable bonds is 1. The topological polar surface area (TPSA) is 3.88 Å². The van der Waals surface area contributed by atoms with Crippen molar-refractivity contribution in [3.63, 3.8) is 0 Å². The highest BCUT2D eigenvalue weighted by atomic mass is 14.9. The predicted molar refractivity (Wildman–Crippen MR) is 54.3 cm³/mol. The molecular weight excluding hydrogens is 158 g/mol. The van der Waals surface area contributed by atoms with Crippen LogP contribution in [0.3, 0.4) is 0 Å². The van der Waals surface area contributed by atoms with Gasteiger partial charge in [-0.3, -0.25) is 0 Å². The van der Waals surface area contributed by atoms with Gasteiger partial charge in [-0.2, -0.15) is 0 Å². The third kappa shape index (κ3) is 1.39. The zero-order valence-corrected chi connectivity index (χ0v) is 8.38. The predicted octanol–water partition coefficient (Wildman–Crippen LogP) is 0.646. The second-order valence-corrected chi connectivity index (χ2v) is 3.62. The summed E-state index contributed by atoms with van der Waals surface area (Å²) in [6.07, 6.45) is 8.10. The minimum Gasteiger partial charge on any atom is -0.201 e. The standard InChI is InChI=1S/C12H16N/c1-3-10-6-4-7-11-8-5-9-13(2)12(10)11/h5,7-9H,3-4,6H2,1-2H3/q+1. The van der Waals surface area contributed by atoms with Crippen LogP contribution in [0.15, 0.2) is 18.3 Å². The molecule has 13 heavy (non-hydrogen) atoms. The lowest BCUT2D eigenvalue weighted by molar-refractivity contribution is -0.685. The van der Waals surface area contributed by atoms with Crippen molar-refractivity contribution in [1.82, 2.24) is 0 Å². The van der Waals surface area contributed by atoms with E-state index in [0.717, 1.165) is 0 Å². The van der Waals surface area contributed by atoms with E-state index in [-0.39, 0.29) is 0 Å². The van der Waals surface area contributed by atoms with Gasteiger partial charge in [0.25, 0.3) is 0 Å². The van der Waals surface area contributed by atoms with Crippen molar-refractivity contribution >= 4 is 11.6 Å². The molecule has 1 heteroatoms. The summed E-state index contributed by atoms with van der Waals surface area (Å²) in [6.45, 7) is 2.25. The molecular formula is C12H16N+. The van der Waals surface area contributed by atoms with Gasteiger partial charge in [-0.25, -0.2) is 4.57 Å². The molecule has 0 atom stereocenters.